The second kappa shape index (κ2) is 7.36. The Bertz CT molecular complexity index is 842. The van der Waals surface area contributed by atoms with Gasteiger partial charge in [-0.1, -0.05) is 67.0 Å². The van der Waals surface area contributed by atoms with Crippen molar-refractivity contribution >= 4 is 6.47 Å². The summed E-state index contributed by atoms with van der Waals surface area (Å²) >= 11 is 0. The molecule has 5 aliphatic carbocycles. The van der Waals surface area contributed by atoms with Crippen LogP contribution in [0.1, 0.15) is 113 Å². The van der Waals surface area contributed by atoms with Crippen molar-refractivity contribution in [1.82, 2.24) is 0 Å². The van der Waals surface area contributed by atoms with Crippen LogP contribution in [0.3, 0.4) is 0 Å². The monoisotopic (exact) mass is 454 g/mol. The minimum atomic E-state index is 0.0542. The van der Waals surface area contributed by atoms with Crippen molar-refractivity contribution in [3.05, 3.63) is 11.6 Å². The summed E-state index contributed by atoms with van der Waals surface area (Å²) in [5, 5.41) is 0. The average molecular weight is 455 g/mol. The quantitative estimate of drug-likeness (QED) is 0.310. The van der Waals surface area contributed by atoms with E-state index in [1.807, 2.05) is 5.57 Å². The molecule has 0 spiro atoms. The van der Waals surface area contributed by atoms with Crippen LogP contribution in [0.2, 0.25) is 0 Å². The van der Waals surface area contributed by atoms with E-state index in [9.17, 15) is 4.79 Å². The summed E-state index contributed by atoms with van der Waals surface area (Å²) < 4.78 is 5.66. The van der Waals surface area contributed by atoms with Gasteiger partial charge in [0.25, 0.3) is 6.47 Å². The van der Waals surface area contributed by atoms with Gasteiger partial charge in [0.2, 0.25) is 0 Å². The molecule has 0 aromatic rings. The van der Waals surface area contributed by atoms with E-state index in [2.05, 4.69) is 61.5 Å². The fraction of sp³-hybridized carbons (Fsp3) is 0.903. The lowest BCUT2D eigenvalue weighted by Gasteiger charge is -2.71. The number of allylic oxidation sites excluding steroid dienone is 2. The molecule has 5 rings (SSSR count). The number of ether oxygens (including phenoxy) is 1. The highest BCUT2D eigenvalue weighted by Crippen LogP contribution is 2.75. The van der Waals surface area contributed by atoms with Crippen molar-refractivity contribution in [1.29, 1.82) is 0 Å². The van der Waals surface area contributed by atoms with Gasteiger partial charge in [0.15, 0.2) is 0 Å². The molecule has 0 aliphatic heterocycles. The van der Waals surface area contributed by atoms with Crippen molar-refractivity contribution in [2.24, 2.45) is 56.7 Å². The Labute approximate surface area is 203 Å². The largest absolute Gasteiger partial charge is 0.464 e. The molecule has 0 aromatic heterocycles. The summed E-state index contributed by atoms with van der Waals surface area (Å²) in [4.78, 5) is 11.2. The van der Waals surface area contributed by atoms with Crippen LogP contribution in [0.5, 0.6) is 0 Å². The maximum absolute atomic E-state index is 11.2. The van der Waals surface area contributed by atoms with Gasteiger partial charge in [-0.15, -0.1) is 0 Å². The summed E-state index contributed by atoms with van der Waals surface area (Å²) in [7, 11) is 0. The Balaban J connectivity index is 1.56. The first-order valence-corrected chi connectivity index (χ1v) is 14.1. The first kappa shape index (κ1) is 23.9. The third-order valence-corrected chi connectivity index (χ3v) is 13.6. The van der Waals surface area contributed by atoms with E-state index in [0.29, 0.717) is 34.1 Å². The van der Waals surface area contributed by atoms with E-state index in [4.69, 9.17) is 4.74 Å². The lowest BCUT2D eigenvalue weighted by molar-refractivity contribution is -0.209. The predicted octanol–water partition coefficient (Wildman–Crippen LogP) is 8.21. The van der Waals surface area contributed by atoms with Crippen molar-refractivity contribution < 1.29 is 9.53 Å². The van der Waals surface area contributed by atoms with Gasteiger partial charge in [-0.3, -0.25) is 4.79 Å². The summed E-state index contributed by atoms with van der Waals surface area (Å²) in [6.07, 6.45) is 14.6. The Hall–Kier alpha value is -0.790. The SMILES string of the molecule is CC1CCC2(C)CCC3(C)C(=CCC4C5(C)CCC(OC=O)C(C)(C)C5CCC43C)C2C1C. The Morgan fingerprint density at radius 2 is 1.61 bits per heavy atom. The van der Waals surface area contributed by atoms with Gasteiger partial charge in [-0.2, -0.15) is 0 Å². The van der Waals surface area contributed by atoms with Gasteiger partial charge in [0.05, 0.1) is 0 Å². The summed E-state index contributed by atoms with van der Waals surface area (Å²) in [5.41, 5.74) is 3.47. The molecule has 33 heavy (non-hydrogen) atoms. The fourth-order valence-corrected chi connectivity index (χ4v) is 11.1. The maximum atomic E-state index is 11.2. The molecular formula is C31H50O2. The zero-order valence-corrected chi connectivity index (χ0v) is 22.8. The molecule has 0 heterocycles. The number of hydrogen-bond donors (Lipinski definition) is 0. The van der Waals surface area contributed by atoms with Crippen molar-refractivity contribution in [2.75, 3.05) is 0 Å². The number of fused-ring (bicyclic) bond motifs is 7. The van der Waals surface area contributed by atoms with Gasteiger partial charge in [-0.25, -0.2) is 0 Å². The summed E-state index contributed by atoms with van der Waals surface area (Å²) in [6.45, 7) is 21.2. The van der Waals surface area contributed by atoms with Crippen LogP contribution in [0.15, 0.2) is 11.6 Å². The lowest BCUT2D eigenvalue weighted by atomic mass is 9.33. The van der Waals surface area contributed by atoms with E-state index in [1.165, 1.54) is 51.4 Å². The van der Waals surface area contributed by atoms with Crippen molar-refractivity contribution in [2.45, 2.75) is 119 Å². The molecule has 0 saturated heterocycles. The van der Waals surface area contributed by atoms with Gasteiger partial charge in [-0.05, 0) is 109 Å². The van der Waals surface area contributed by atoms with E-state index >= 15 is 0 Å². The van der Waals surface area contributed by atoms with Gasteiger partial charge < -0.3 is 4.74 Å². The van der Waals surface area contributed by atoms with E-state index in [-0.39, 0.29) is 11.5 Å². The molecule has 4 saturated carbocycles. The van der Waals surface area contributed by atoms with E-state index in [1.54, 1.807) is 0 Å². The molecule has 0 radical (unpaired) electrons. The van der Waals surface area contributed by atoms with Gasteiger partial charge >= 0.3 is 0 Å². The van der Waals surface area contributed by atoms with E-state index < -0.39 is 0 Å². The molecule has 2 nitrogen and oxygen atoms in total. The van der Waals surface area contributed by atoms with Crippen LogP contribution >= 0.6 is 0 Å². The molecule has 186 valence electrons. The summed E-state index contributed by atoms with van der Waals surface area (Å²) in [5.74, 6) is 3.78. The number of carbonyl (C=O) groups is 1. The Morgan fingerprint density at radius 1 is 0.879 bits per heavy atom. The first-order chi connectivity index (χ1) is 15.3. The van der Waals surface area contributed by atoms with E-state index in [0.717, 1.165) is 30.1 Å². The smallest absolute Gasteiger partial charge is 0.293 e. The predicted molar refractivity (Wildman–Crippen MR) is 136 cm³/mol. The zero-order valence-electron chi connectivity index (χ0n) is 22.8. The molecule has 10 atom stereocenters. The highest BCUT2D eigenvalue weighted by atomic mass is 16.5. The molecule has 0 aromatic carbocycles. The van der Waals surface area contributed by atoms with Crippen molar-refractivity contribution in [3.63, 3.8) is 0 Å². The number of rotatable bonds is 2. The van der Waals surface area contributed by atoms with Gasteiger partial charge in [0.1, 0.15) is 6.10 Å². The Kier molecular flexibility index (Phi) is 5.34. The summed E-state index contributed by atoms with van der Waals surface area (Å²) in [6, 6.07) is 0. The number of carbonyl (C=O) groups excluding carboxylic acids is 1. The Morgan fingerprint density at radius 3 is 2.30 bits per heavy atom. The van der Waals surface area contributed by atoms with Crippen LogP contribution in [0, 0.1) is 56.7 Å². The highest BCUT2D eigenvalue weighted by molar-refractivity contribution is 5.38. The average Bonchev–Trinajstić information content (AvgIpc) is 2.74. The zero-order chi connectivity index (χ0) is 24.0. The molecule has 4 fully saturated rings. The van der Waals surface area contributed by atoms with Crippen LogP contribution in [0.25, 0.3) is 0 Å². The molecular weight excluding hydrogens is 404 g/mol. The van der Waals surface area contributed by atoms with Crippen LogP contribution in [-0.2, 0) is 9.53 Å². The molecule has 0 amide bonds. The third kappa shape index (κ3) is 2.94. The van der Waals surface area contributed by atoms with Crippen LogP contribution < -0.4 is 0 Å². The van der Waals surface area contributed by atoms with Crippen LogP contribution in [0.4, 0.5) is 0 Å². The maximum Gasteiger partial charge on any atom is 0.293 e. The third-order valence-electron chi connectivity index (χ3n) is 13.6. The fourth-order valence-electron chi connectivity index (χ4n) is 11.1. The second-order valence-corrected chi connectivity index (χ2v) is 14.9. The standard InChI is InChI=1S/C31H50O2/c1-20-11-14-28(5)17-18-30(7)22(26(28)21(20)2)9-10-24-29(6)15-13-25(33-19-32)27(3,4)23(29)12-16-31(24,30)8/h9,19-21,23-26H,10-18H2,1-8H3. The molecule has 0 N–H and O–H groups in total. The minimum Gasteiger partial charge on any atom is -0.464 e. The minimum absolute atomic E-state index is 0.0542. The van der Waals surface area contributed by atoms with Gasteiger partial charge in [0, 0.05) is 5.41 Å². The van der Waals surface area contributed by atoms with Crippen molar-refractivity contribution in [3.8, 4) is 0 Å². The first-order valence-electron chi connectivity index (χ1n) is 14.1. The topological polar surface area (TPSA) is 26.3 Å². The molecule has 2 heteroatoms. The normalized spacial score (nSPS) is 55.2. The second-order valence-electron chi connectivity index (χ2n) is 14.9. The van der Waals surface area contributed by atoms with Crippen LogP contribution in [-0.4, -0.2) is 12.6 Å². The number of hydrogen-bond acceptors (Lipinski definition) is 2. The highest BCUT2D eigenvalue weighted by Gasteiger charge is 2.68. The molecule has 5 aliphatic rings. The molecule has 0 bridgehead atoms. The lowest BCUT2D eigenvalue weighted by Crippen LogP contribution is -2.64. The molecule has 10 unspecified atom stereocenters.